The molecule has 1 amide bonds. The van der Waals surface area contributed by atoms with Crippen molar-refractivity contribution in [3.05, 3.63) is 53.5 Å². The van der Waals surface area contributed by atoms with Gasteiger partial charge in [-0.1, -0.05) is 12.1 Å². The maximum atomic E-state index is 12.2. The Balaban J connectivity index is 2.02. The van der Waals surface area contributed by atoms with Crippen molar-refractivity contribution in [2.24, 2.45) is 0 Å². The Morgan fingerprint density at radius 2 is 2.13 bits per heavy atom. The molecule has 6 heteroatoms. The van der Waals surface area contributed by atoms with Gasteiger partial charge in [-0.15, -0.1) is 0 Å². The highest BCUT2D eigenvalue weighted by Crippen LogP contribution is 2.19. The lowest BCUT2D eigenvalue weighted by Crippen LogP contribution is -2.33. The maximum Gasteiger partial charge on any atom is 0.289 e. The van der Waals surface area contributed by atoms with Crippen LogP contribution in [0.25, 0.3) is 0 Å². The number of amides is 1. The van der Waals surface area contributed by atoms with Gasteiger partial charge >= 0.3 is 0 Å². The number of hydrogen-bond donors (Lipinski definition) is 1. The number of hydrogen-bond acceptors (Lipinski definition) is 5. The molecule has 1 heterocycles. The van der Waals surface area contributed by atoms with Crippen LogP contribution in [0, 0.1) is 11.3 Å². The van der Waals surface area contributed by atoms with Gasteiger partial charge in [0.2, 0.25) is 0 Å². The third-order valence-electron chi connectivity index (χ3n) is 3.29. The molecular formula is C17H18N2O4. The summed E-state index contributed by atoms with van der Waals surface area (Å²) in [6.45, 7) is 2.61. The van der Waals surface area contributed by atoms with Crippen molar-refractivity contribution in [2.45, 2.75) is 13.5 Å². The number of benzene rings is 1. The first-order valence-corrected chi connectivity index (χ1v) is 7.30. The minimum atomic E-state index is -0.273. The summed E-state index contributed by atoms with van der Waals surface area (Å²) in [5.41, 5.74) is 0.440. The maximum absolute atomic E-state index is 12.2. The van der Waals surface area contributed by atoms with Crippen molar-refractivity contribution >= 4 is 5.91 Å². The van der Waals surface area contributed by atoms with Crippen molar-refractivity contribution in [3.8, 4) is 11.8 Å². The van der Waals surface area contributed by atoms with Crippen molar-refractivity contribution in [1.82, 2.24) is 4.90 Å². The zero-order valence-electron chi connectivity index (χ0n) is 12.9. The van der Waals surface area contributed by atoms with E-state index in [-0.39, 0.29) is 31.4 Å². The first-order valence-electron chi connectivity index (χ1n) is 7.30. The number of ether oxygens (including phenoxy) is 1. The molecule has 2 aromatic rings. The van der Waals surface area contributed by atoms with E-state index in [9.17, 15) is 4.79 Å². The highest BCUT2D eigenvalue weighted by Gasteiger charge is 2.17. The van der Waals surface area contributed by atoms with Crippen molar-refractivity contribution in [3.63, 3.8) is 0 Å². The van der Waals surface area contributed by atoms with Crippen LogP contribution in [0.15, 0.2) is 40.8 Å². The highest BCUT2D eigenvalue weighted by atomic mass is 16.5. The Hall–Kier alpha value is -2.78. The van der Waals surface area contributed by atoms with Gasteiger partial charge in [0.15, 0.2) is 5.76 Å². The number of furan rings is 1. The first kappa shape index (κ1) is 16.6. The first-order chi connectivity index (χ1) is 11.2. The predicted octanol–water partition coefficient (Wildman–Crippen LogP) is 2.18. The quantitative estimate of drug-likeness (QED) is 0.846. The van der Waals surface area contributed by atoms with Gasteiger partial charge in [-0.2, -0.15) is 5.26 Å². The van der Waals surface area contributed by atoms with E-state index in [1.807, 2.05) is 6.92 Å². The fourth-order valence-corrected chi connectivity index (χ4v) is 2.08. The molecule has 6 nitrogen and oxygen atoms in total. The average molecular weight is 314 g/mol. The zero-order chi connectivity index (χ0) is 16.7. The minimum Gasteiger partial charge on any atom is -0.484 e. The van der Waals surface area contributed by atoms with Crippen LogP contribution in [0.2, 0.25) is 0 Å². The van der Waals surface area contributed by atoms with Crippen molar-refractivity contribution < 1.29 is 19.1 Å². The smallest absolute Gasteiger partial charge is 0.289 e. The van der Waals surface area contributed by atoms with Gasteiger partial charge in [0.1, 0.15) is 24.2 Å². The second kappa shape index (κ2) is 8.01. The van der Waals surface area contributed by atoms with E-state index < -0.39 is 0 Å². The van der Waals surface area contributed by atoms with E-state index in [2.05, 4.69) is 6.07 Å². The molecule has 0 radical (unpaired) electrons. The summed E-state index contributed by atoms with van der Waals surface area (Å²) in [7, 11) is 0. The molecule has 0 fully saturated rings. The number of aliphatic hydroxyl groups is 1. The summed E-state index contributed by atoms with van der Waals surface area (Å²) in [4.78, 5) is 13.7. The average Bonchev–Trinajstić information content (AvgIpc) is 3.06. The van der Waals surface area contributed by atoms with Gasteiger partial charge in [0.05, 0.1) is 12.2 Å². The number of likely N-dealkylation sites (N-methyl/N-ethyl adjacent to an activating group) is 1. The normalized spacial score (nSPS) is 10.1. The molecule has 2 rings (SSSR count). The van der Waals surface area contributed by atoms with Crippen LogP contribution >= 0.6 is 0 Å². The van der Waals surface area contributed by atoms with Gasteiger partial charge < -0.3 is 19.2 Å². The Morgan fingerprint density at radius 3 is 2.83 bits per heavy atom. The molecule has 1 aromatic carbocycles. The molecular weight excluding hydrogens is 296 g/mol. The molecule has 0 aliphatic heterocycles. The third kappa shape index (κ3) is 4.11. The second-order valence-corrected chi connectivity index (χ2v) is 4.77. The van der Waals surface area contributed by atoms with Crippen molar-refractivity contribution in [2.75, 3.05) is 19.7 Å². The lowest BCUT2D eigenvalue weighted by Gasteiger charge is -2.17. The largest absolute Gasteiger partial charge is 0.484 e. The van der Waals surface area contributed by atoms with E-state index in [0.717, 1.165) is 0 Å². The number of para-hydroxylation sites is 1. The third-order valence-corrected chi connectivity index (χ3v) is 3.29. The van der Waals surface area contributed by atoms with Crippen LogP contribution in [0.3, 0.4) is 0 Å². The van der Waals surface area contributed by atoms with Crippen LogP contribution in [0.5, 0.6) is 5.75 Å². The fraction of sp³-hybridized carbons (Fsp3) is 0.294. The summed E-state index contributed by atoms with van der Waals surface area (Å²) in [5, 5.41) is 18.0. The lowest BCUT2D eigenvalue weighted by molar-refractivity contribution is 0.0696. The summed E-state index contributed by atoms with van der Waals surface area (Å²) in [5.74, 6) is 0.883. The SMILES string of the molecule is CCN(CCO)C(=O)c1ccc(COc2ccccc2C#N)o1. The molecule has 0 saturated heterocycles. The van der Waals surface area contributed by atoms with E-state index >= 15 is 0 Å². The fourth-order valence-electron chi connectivity index (χ4n) is 2.08. The van der Waals surface area contributed by atoms with Crippen LogP contribution in [0.1, 0.15) is 28.8 Å². The Morgan fingerprint density at radius 1 is 1.35 bits per heavy atom. The van der Waals surface area contributed by atoms with Crippen LogP contribution in [-0.2, 0) is 6.61 Å². The number of aliphatic hydroxyl groups excluding tert-OH is 1. The molecule has 1 N–H and O–H groups in total. The number of carbonyl (C=O) groups excluding carboxylic acids is 1. The summed E-state index contributed by atoms with van der Waals surface area (Å²) >= 11 is 0. The molecule has 0 atom stereocenters. The van der Waals surface area contributed by atoms with Gasteiger partial charge in [-0.05, 0) is 31.2 Å². The second-order valence-electron chi connectivity index (χ2n) is 4.77. The Bertz CT molecular complexity index is 703. The number of carbonyl (C=O) groups is 1. The number of nitriles is 1. The molecule has 120 valence electrons. The predicted molar refractivity (Wildman–Crippen MR) is 82.9 cm³/mol. The van der Waals surface area contributed by atoms with Gasteiger partial charge in [0, 0.05) is 13.1 Å². The molecule has 0 unspecified atom stereocenters. The summed E-state index contributed by atoms with van der Waals surface area (Å²) in [6.07, 6.45) is 0. The van der Waals surface area contributed by atoms with Crippen molar-refractivity contribution in [1.29, 1.82) is 5.26 Å². The molecule has 0 saturated carbocycles. The van der Waals surface area contributed by atoms with Gasteiger partial charge in [-0.25, -0.2) is 0 Å². The van der Waals surface area contributed by atoms with E-state index in [0.29, 0.717) is 23.6 Å². The standard InChI is InChI=1S/C17H18N2O4/c1-2-19(9-10-20)17(21)16-8-7-14(23-16)12-22-15-6-4-3-5-13(15)11-18/h3-8,20H,2,9-10,12H2,1H3. The van der Waals surface area contributed by atoms with Crippen LogP contribution in [0.4, 0.5) is 0 Å². The number of nitrogens with zero attached hydrogens (tertiary/aromatic N) is 2. The van der Waals surface area contributed by atoms with E-state index in [4.69, 9.17) is 19.5 Å². The zero-order valence-corrected chi connectivity index (χ0v) is 12.9. The minimum absolute atomic E-state index is 0.0960. The summed E-state index contributed by atoms with van der Waals surface area (Å²) < 4.78 is 11.0. The topological polar surface area (TPSA) is 86.7 Å². The Labute approximate surface area is 134 Å². The molecule has 0 bridgehead atoms. The van der Waals surface area contributed by atoms with Gasteiger partial charge in [-0.3, -0.25) is 4.79 Å². The molecule has 1 aromatic heterocycles. The van der Waals surface area contributed by atoms with Crippen LogP contribution in [-0.4, -0.2) is 35.6 Å². The number of rotatable bonds is 7. The highest BCUT2D eigenvalue weighted by molar-refractivity contribution is 5.91. The lowest BCUT2D eigenvalue weighted by atomic mass is 10.2. The summed E-state index contributed by atoms with van der Waals surface area (Å²) in [6, 6.07) is 12.2. The van der Waals surface area contributed by atoms with Crippen LogP contribution < -0.4 is 4.74 Å². The monoisotopic (exact) mass is 314 g/mol. The molecule has 0 aliphatic rings. The molecule has 0 spiro atoms. The Kier molecular flexibility index (Phi) is 5.78. The molecule has 0 aliphatic carbocycles. The van der Waals surface area contributed by atoms with E-state index in [1.165, 1.54) is 4.90 Å². The molecule has 23 heavy (non-hydrogen) atoms. The van der Waals surface area contributed by atoms with Gasteiger partial charge in [0.25, 0.3) is 5.91 Å². The van der Waals surface area contributed by atoms with E-state index in [1.54, 1.807) is 36.4 Å².